The van der Waals surface area contributed by atoms with Gasteiger partial charge >= 0.3 is 6.03 Å². The summed E-state index contributed by atoms with van der Waals surface area (Å²) in [5, 5.41) is 2.97. The van der Waals surface area contributed by atoms with E-state index in [1.807, 2.05) is 19.0 Å². The summed E-state index contributed by atoms with van der Waals surface area (Å²) in [4.78, 5) is 26.6. The average molecular weight is 292 g/mol. The van der Waals surface area contributed by atoms with Crippen molar-refractivity contribution in [3.05, 3.63) is 18.5 Å². The zero-order chi connectivity index (χ0) is 15.1. The van der Waals surface area contributed by atoms with Gasteiger partial charge in [0.2, 0.25) is 5.95 Å². The van der Waals surface area contributed by atoms with E-state index in [0.29, 0.717) is 13.1 Å². The fraction of sp³-hybridized carbons (Fsp3) is 0.643. The highest BCUT2D eigenvalue weighted by molar-refractivity contribution is 5.74. The third-order valence-corrected chi connectivity index (χ3v) is 3.46. The smallest absolute Gasteiger partial charge is 0.317 e. The molecule has 2 amide bonds. The summed E-state index contributed by atoms with van der Waals surface area (Å²) in [5.74, 6) is 0.739. The van der Waals surface area contributed by atoms with Crippen molar-refractivity contribution in [3.8, 4) is 0 Å². The van der Waals surface area contributed by atoms with Crippen molar-refractivity contribution in [2.24, 2.45) is 0 Å². The van der Waals surface area contributed by atoms with Crippen LogP contribution >= 0.6 is 0 Å². The molecule has 1 aromatic rings. The van der Waals surface area contributed by atoms with Crippen LogP contribution in [0.5, 0.6) is 0 Å². The molecule has 1 aromatic heterocycles. The monoisotopic (exact) mass is 292 g/mol. The van der Waals surface area contributed by atoms with E-state index in [-0.39, 0.29) is 6.03 Å². The molecule has 0 radical (unpaired) electrons. The maximum atomic E-state index is 12.0. The van der Waals surface area contributed by atoms with E-state index in [9.17, 15) is 4.79 Å². The highest BCUT2D eigenvalue weighted by Gasteiger charge is 2.21. The summed E-state index contributed by atoms with van der Waals surface area (Å²) < 4.78 is 0. The minimum atomic E-state index is 0.0300. The maximum Gasteiger partial charge on any atom is 0.317 e. The van der Waals surface area contributed by atoms with Crippen molar-refractivity contribution in [1.82, 2.24) is 25.1 Å². The van der Waals surface area contributed by atoms with Crippen LogP contribution in [0.2, 0.25) is 0 Å². The van der Waals surface area contributed by atoms with Crippen LogP contribution in [0.15, 0.2) is 18.5 Å². The van der Waals surface area contributed by atoms with Gasteiger partial charge in [-0.1, -0.05) is 0 Å². The number of carbonyl (C=O) groups is 1. The van der Waals surface area contributed by atoms with Crippen LogP contribution in [0.1, 0.15) is 6.42 Å². The molecule has 1 aliphatic heterocycles. The van der Waals surface area contributed by atoms with Crippen molar-refractivity contribution in [2.75, 3.05) is 58.3 Å². The van der Waals surface area contributed by atoms with Crippen LogP contribution in [0.4, 0.5) is 10.7 Å². The fourth-order valence-corrected chi connectivity index (χ4v) is 2.27. The molecular formula is C14H24N6O. The maximum absolute atomic E-state index is 12.0. The van der Waals surface area contributed by atoms with Crippen molar-refractivity contribution >= 4 is 12.0 Å². The zero-order valence-electron chi connectivity index (χ0n) is 12.8. The summed E-state index contributed by atoms with van der Waals surface area (Å²) >= 11 is 0. The number of urea groups is 1. The third kappa shape index (κ3) is 4.86. The molecular weight excluding hydrogens is 268 g/mol. The third-order valence-electron chi connectivity index (χ3n) is 3.46. The Kier molecular flexibility index (Phi) is 5.74. The van der Waals surface area contributed by atoms with Gasteiger partial charge in [-0.15, -0.1) is 0 Å². The second kappa shape index (κ2) is 7.78. The lowest BCUT2D eigenvalue weighted by Crippen LogP contribution is -2.52. The van der Waals surface area contributed by atoms with Crippen LogP contribution in [-0.4, -0.2) is 79.2 Å². The van der Waals surface area contributed by atoms with Crippen LogP contribution in [0.25, 0.3) is 0 Å². The number of nitrogens with zero attached hydrogens (tertiary/aromatic N) is 5. The Labute approximate surface area is 126 Å². The van der Waals surface area contributed by atoms with Crippen molar-refractivity contribution in [3.63, 3.8) is 0 Å². The number of anilines is 1. The number of hydrogen-bond acceptors (Lipinski definition) is 5. The van der Waals surface area contributed by atoms with E-state index in [0.717, 1.165) is 38.5 Å². The van der Waals surface area contributed by atoms with Gasteiger partial charge in [-0.2, -0.15) is 0 Å². The van der Waals surface area contributed by atoms with Gasteiger partial charge in [-0.25, -0.2) is 14.8 Å². The number of aromatic nitrogens is 2. The molecule has 0 bridgehead atoms. The van der Waals surface area contributed by atoms with Gasteiger partial charge in [0.15, 0.2) is 0 Å². The van der Waals surface area contributed by atoms with Gasteiger partial charge in [0.1, 0.15) is 0 Å². The molecule has 1 fully saturated rings. The Bertz CT molecular complexity index is 430. The number of hydrogen-bond donors (Lipinski definition) is 1. The van der Waals surface area contributed by atoms with E-state index in [1.54, 1.807) is 18.5 Å². The van der Waals surface area contributed by atoms with E-state index in [1.165, 1.54) is 0 Å². The lowest BCUT2D eigenvalue weighted by Gasteiger charge is -2.34. The van der Waals surface area contributed by atoms with Gasteiger partial charge in [0.25, 0.3) is 0 Å². The molecule has 1 saturated heterocycles. The molecule has 0 aliphatic carbocycles. The SMILES string of the molecule is CN(C)CCCNC(=O)N1CCN(c2ncccn2)CC1. The standard InChI is InChI=1S/C14H24N6O/c1-18(2)8-4-7-17-14(21)20-11-9-19(10-12-20)13-15-5-3-6-16-13/h3,5-6H,4,7-12H2,1-2H3,(H,17,21). The van der Waals surface area contributed by atoms with Gasteiger partial charge in [0.05, 0.1) is 0 Å². The lowest BCUT2D eigenvalue weighted by molar-refractivity contribution is 0.193. The summed E-state index contributed by atoms with van der Waals surface area (Å²) in [6.07, 6.45) is 4.45. The normalized spacial score (nSPS) is 15.4. The van der Waals surface area contributed by atoms with Crippen LogP contribution in [-0.2, 0) is 0 Å². The highest BCUT2D eigenvalue weighted by atomic mass is 16.2. The first-order chi connectivity index (χ1) is 10.2. The van der Waals surface area contributed by atoms with Crippen molar-refractivity contribution < 1.29 is 4.79 Å². The van der Waals surface area contributed by atoms with Crippen molar-refractivity contribution in [2.45, 2.75) is 6.42 Å². The number of amides is 2. The predicted molar refractivity (Wildman–Crippen MR) is 82.4 cm³/mol. The minimum Gasteiger partial charge on any atom is -0.338 e. The fourth-order valence-electron chi connectivity index (χ4n) is 2.27. The van der Waals surface area contributed by atoms with Gasteiger partial charge in [-0.05, 0) is 33.1 Å². The van der Waals surface area contributed by atoms with Crippen LogP contribution < -0.4 is 10.2 Å². The van der Waals surface area contributed by atoms with Crippen molar-refractivity contribution in [1.29, 1.82) is 0 Å². The molecule has 0 unspecified atom stereocenters. The molecule has 2 heterocycles. The minimum absolute atomic E-state index is 0.0300. The number of rotatable bonds is 5. The summed E-state index contributed by atoms with van der Waals surface area (Å²) in [6.45, 7) is 4.66. The molecule has 116 valence electrons. The predicted octanol–water partition coefficient (Wildman–Crippen LogP) is 0.260. The van der Waals surface area contributed by atoms with Gasteiger partial charge in [0, 0.05) is 45.1 Å². The van der Waals surface area contributed by atoms with Crippen LogP contribution in [0, 0.1) is 0 Å². The first kappa shape index (κ1) is 15.5. The molecule has 7 heteroatoms. The Morgan fingerprint density at radius 2 is 1.90 bits per heavy atom. The molecule has 7 nitrogen and oxygen atoms in total. The molecule has 1 N–H and O–H groups in total. The molecule has 1 aliphatic rings. The number of piperazine rings is 1. The molecule has 0 saturated carbocycles. The topological polar surface area (TPSA) is 64.6 Å². The number of nitrogens with one attached hydrogen (secondary N) is 1. The quantitative estimate of drug-likeness (QED) is 0.789. The Morgan fingerprint density at radius 1 is 1.24 bits per heavy atom. The molecule has 0 atom stereocenters. The Balaban J connectivity index is 1.70. The van der Waals surface area contributed by atoms with Gasteiger partial charge in [-0.3, -0.25) is 0 Å². The largest absolute Gasteiger partial charge is 0.338 e. The molecule has 2 rings (SSSR count). The Hall–Kier alpha value is -1.89. The average Bonchev–Trinajstić information content (AvgIpc) is 2.52. The summed E-state index contributed by atoms with van der Waals surface area (Å²) in [7, 11) is 4.07. The molecule has 21 heavy (non-hydrogen) atoms. The second-order valence-corrected chi connectivity index (χ2v) is 5.41. The van der Waals surface area contributed by atoms with E-state index in [4.69, 9.17) is 0 Å². The number of carbonyl (C=O) groups excluding carboxylic acids is 1. The van der Waals surface area contributed by atoms with E-state index >= 15 is 0 Å². The van der Waals surface area contributed by atoms with E-state index in [2.05, 4.69) is 25.1 Å². The van der Waals surface area contributed by atoms with E-state index < -0.39 is 0 Å². The zero-order valence-corrected chi connectivity index (χ0v) is 12.8. The lowest BCUT2D eigenvalue weighted by atomic mass is 10.3. The van der Waals surface area contributed by atoms with Gasteiger partial charge < -0.3 is 20.0 Å². The second-order valence-electron chi connectivity index (χ2n) is 5.41. The first-order valence-corrected chi connectivity index (χ1v) is 7.36. The van der Waals surface area contributed by atoms with Crippen LogP contribution in [0.3, 0.4) is 0 Å². The summed E-state index contributed by atoms with van der Waals surface area (Å²) in [6, 6.07) is 1.84. The first-order valence-electron chi connectivity index (χ1n) is 7.36. The molecule has 0 spiro atoms. The molecule has 0 aromatic carbocycles. The summed E-state index contributed by atoms with van der Waals surface area (Å²) in [5.41, 5.74) is 0. The highest BCUT2D eigenvalue weighted by Crippen LogP contribution is 2.09. The Morgan fingerprint density at radius 3 is 2.52 bits per heavy atom.